The third-order valence-corrected chi connectivity index (χ3v) is 5.40. The number of aromatic amines is 1. The number of nitrogens with zero attached hydrogens (tertiary/aromatic N) is 2. The molecular weight excluding hydrogens is 298 g/mol. The van der Waals surface area contributed by atoms with Crippen molar-refractivity contribution in [2.75, 3.05) is 13.1 Å². The van der Waals surface area contributed by atoms with Crippen molar-refractivity contribution < 1.29 is 4.79 Å². The first-order valence-electron chi connectivity index (χ1n) is 9.09. The van der Waals surface area contributed by atoms with Crippen LogP contribution in [0.3, 0.4) is 0 Å². The van der Waals surface area contributed by atoms with E-state index in [1.807, 2.05) is 18.0 Å². The van der Waals surface area contributed by atoms with Crippen molar-refractivity contribution in [1.82, 2.24) is 14.9 Å². The Morgan fingerprint density at radius 1 is 1.29 bits per heavy atom. The number of piperidine rings is 1. The van der Waals surface area contributed by atoms with E-state index >= 15 is 0 Å². The van der Waals surface area contributed by atoms with Crippen molar-refractivity contribution in [1.29, 1.82) is 0 Å². The standard InChI is InChI=1S/C20H25N3O/c1-14-12-21-20(22-14)18-6-3-9-23(13-18)19(24)11-15-7-8-16-4-2-5-17(16)10-15/h7-8,10,12,18H,2-6,9,11,13H2,1H3,(H,21,22)/t18-/m1/s1. The van der Waals surface area contributed by atoms with Gasteiger partial charge < -0.3 is 9.88 Å². The Bertz CT molecular complexity index is 749. The number of likely N-dealkylation sites (tertiary alicyclic amines) is 1. The van der Waals surface area contributed by atoms with Gasteiger partial charge in [0.15, 0.2) is 0 Å². The SMILES string of the molecule is Cc1cnc([C@@H]2CCCN(C(=O)Cc3ccc4c(c3)CCC4)C2)[nH]1. The molecule has 0 unspecified atom stereocenters. The molecule has 1 amide bonds. The van der Waals surface area contributed by atoms with Crippen molar-refractivity contribution >= 4 is 5.91 Å². The molecule has 4 heteroatoms. The van der Waals surface area contributed by atoms with Crippen LogP contribution in [0, 0.1) is 6.92 Å². The van der Waals surface area contributed by atoms with Crippen LogP contribution in [0.4, 0.5) is 0 Å². The number of benzene rings is 1. The van der Waals surface area contributed by atoms with E-state index in [4.69, 9.17) is 0 Å². The average Bonchev–Trinajstić information content (AvgIpc) is 3.23. The molecule has 1 aromatic carbocycles. The van der Waals surface area contributed by atoms with Crippen LogP contribution in [0.15, 0.2) is 24.4 Å². The van der Waals surface area contributed by atoms with Crippen LogP contribution in [0.2, 0.25) is 0 Å². The second-order valence-electron chi connectivity index (χ2n) is 7.26. The number of imidazole rings is 1. The van der Waals surface area contributed by atoms with Gasteiger partial charge in [-0.15, -0.1) is 0 Å². The van der Waals surface area contributed by atoms with Gasteiger partial charge in [0.25, 0.3) is 0 Å². The lowest BCUT2D eigenvalue weighted by Gasteiger charge is -2.32. The van der Waals surface area contributed by atoms with Crippen molar-refractivity contribution in [3.05, 3.63) is 52.6 Å². The fraction of sp³-hybridized carbons (Fsp3) is 0.500. The number of nitrogens with one attached hydrogen (secondary N) is 1. The lowest BCUT2D eigenvalue weighted by atomic mass is 9.96. The summed E-state index contributed by atoms with van der Waals surface area (Å²) in [4.78, 5) is 22.6. The lowest BCUT2D eigenvalue weighted by molar-refractivity contribution is -0.131. The highest BCUT2D eigenvalue weighted by atomic mass is 16.2. The summed E-state index contributed by atoms with van der Waals surface area (Å²) in [7, 11) is 0. The summed E-state index contributed by atoms with van der Waals surface area (Å²) < 4.78 is 0. The Kier molecular flexibility index (Phi) is 4.13. The number of hydrogen-bond donors (Lipinski definition) is 1. The normalized spacial score (nSPS) is 20.2. The first-order valence-corrected chi connectivity index (χ1v) is 9.09. The largest absolute Gasteiger partial charge is 0.346 e. The Morgan fingerprint density at radius 2 is 2.17 bits per heavy atom. The minimum absolute atomic E-state index is 0.251. The summed E-state index contributed by atoms with van der Waals surface area (Å²) >= 11 is 0. The molecule has 1 saturated heterocycles. The number of carbonyl (C=O) groups is 1. The number of hydrogen-bond acceptors (Lipinski definition) is 2. The van der Waals surface area contributed by atoms with E-state index in [2.05, 4.69) is 28.2 Å². The molecule has 4 rings (SSSR count). The van der Waals surface area contributed by atoms with Gasteiger partial charge in [0.2, 0.25) is 5.91 Å². The van der Waals surface area contributed by atoms with Gasteiger partial charge in [-0.2, -0.15) is 0 Å². The average molecular weight is 323 g/mol. The molecule has 0 radical (unpaired) electrons. The first-order chi connectivity index (χ1) is 11.7. The van der Waals surface area contributed by atoms with Crippen LogP contribution in [0.1, 0.15) is 53.4 Å². The molecular formula is C20H25N3O. The second-order valence-corrected chi connectivity index (χ2v) is 7.26. The molecule has 4 nitrogen and oxygen atoms in total. The Labute approximate surface area is 143 Å². The van der Waals surface area contributed by atoms with E-state index < -0.39 is 0 Å². The number of H-pyrrole nitrogens is 1. The summed E-state index contributed by atoms with van der Waals surface area (Å²) in [5, 5.41) is 0. The lowest BCUT2D eigenvalue weighted by Crippen LogP contribution is -2.40. The number of aromatic nitrogens is 2. The van der Waals surface area contributed by atoms with E-state index in [0.717, 1.165) is 43.0 Å². The molecule has 1 atom stereocenters. The number of rotatable bonds is 3. The van der Waals surface area contributed by atoms with Crippen molar-refractivity contribution in [3.63, 3.8) is 0 Å². The van der Waals surface area contributed by atoms with Crippen molar-refractivity contribution in [2.45, 2.75) is 51.4 Å². The summed E-state index contributed by atoms with van der Waals surface area (Å²) in [6, 6.07) is 6.60. The zero-order valence-electron chi connectivity index (χ0n) is 14.3. The van der Waals surface area contributed by atoms with Crippen LogP contribution >= 0.6 is 0 Å². The zero-order valence-corrected chi connectivity index (χ0v) is 14.3. The predicted octanol–water partition coefficient (Wildman–Crippen LogP) is 3.16. The topological polar surface area (TPSA) is 49.0 Å². The first kappa shape index (κ1) is 15.4. The Hall–Kier alpha value is -2.10. The summed E-state index contributed by atoms with van der Waals surface area (Å²) in [5.74, 6) is 1.62. The van der Waals surface area contributed by atoms with Crippen molar-refractivity contribution in [3.8, 4) is 0 Å². The van der Waals surface area contributed by atoms with Crippen molar-refractivity contribution in [2.24, 2.45) is 0 Å². The van der Waals surface area contributed by atoms with Crippen LogP contribution in [-0.2, 0) is 24.1 Å². The Morgan fingerprint density at radius 3 is 3.00 bits per heavy atom. The molecule has 2 aliphatic rings. The maximum Gasteiger partial charge on any atom is 0.227 e. The number of amides is 1. The Balaban J connectivity index is 1.42. The van der Waals surface area contributed by atoms with Crippen LogP contribution in [0.5, 0.6) is 0 Å². The summed E-state index contributed by atoms with van der Waals surface area (Å²) in [6.45, 7) is 3.69. The van der Waals surface area contributed by atoms with Crippen LogP contribution in [0.25, 0.3) is 0 Å². The minimum Gasteiger partial charge on any atom is -0.346 e. The highest BCUT2D eigenvalue weighted by Gasteiger charge is 2.26. The molecule has 1 aliphatic carbocycles. The molecule has 1 fully saturated rings. The third kappa shape index (κ3) is 3.10. The van der Waals surface area contributed by atoms with E-state index in [0.29, 0.717) is 12.3 Å². The number of aryl methyl sites for hydroxylation is 3. The summed E-state index contributed by atoms with van der Waals surface area (Å²) in [5.41, 5.74) is 5.17. The highest BCUT2D eigenvalue weighted by molar-refractivity contribution is 5.79. The second kappa shape index (κ2) is 6.42. The van der Waals surface area contributed by atoms with E-state index in [-0.39, 0.29) is 5.91 Å². The molecule has 2 aromatic rings. The predicted molar refractivity (Wildman–Crippen MR) is 94.1 cm³/mol. The van der Waals surface area contributed by atoms with Crippen LogP contribution < -0.4 is 0 Å². The summed E-state index contributed by atoms with van der Waals surface area (Å²) in [6.07, 6.45) is 8.18. The molecule has 0 bridgehead atoms. The minimum atomic E-state index is 0.251. The molecule has 0 saturated carbocycles. The molecule has 1 aliphatic heterocycles. The molecule has 1 N–H and O–H groups in total. The quantitative estimate of drug-likeness (QED) is 0.943. The third-order valence-electron chi connectivity index (χ3n) is 5.40. The molecule has 24 heavy (non-hydrogen) atoms. The van der Waals surface area contributed by atoms with Gasteiger partial charge in [-0.3, -0.25) is 4.79 Å². The molecule has 2 heterocycles. The van der Waals surface area contributed by atoms with E-state index in [9.17, 15) is 4.79 Å². The maximum absolute atomic E-state index is 12.7. The van der Waals surface area contributed by atoms with Gasteiger partial charge in [0.05, 0.1) is 6.42 Å². The zero-order chi connectivity index (χ0) is 16.5. The number of carbonyl (C=O) groups excluding carboxylic acids is 1. The van der Waals surface area contributed by atoms with Gasteiger partial charge in [-0.25, -0.2) is 4.98 Å². The van der Waals surface area contributed by atoms with Gasteiger partial charge in [0.1, 0.15) is 5.82 Å². The molecule has 126 valence electrons. The molecule has 0 spiro atoms. The van der Waals surface area contributed by atoms with Crippen LogP contribution in [-0.4, -0.2) is 33.9 Å². The van der Waals surface area contributed by atoms with Gasteiger partial charge in [0, 0.05) is 30.9 Å². The number of fused-ring (bicyclic) bond motifs is 1. The van der Waals surface area contributed by atoms with Gasteiger partial charge >= 0.3 is 0 Å². The maximum atomic E-state index is 12.7. The van der Waals surface area contributed by atoms with E-state index in [1.54, 1.807) is 0 Å². The van der Waals surface area contributed by atoms with Gasteiger partial charge in [-0.1, -0.05) is 18.2 Å². The molecule has 1 aromatic heterocycles. The monoisotopic (exact) mass is 323 g/mol. The van der Waals surface area contributed by atoms with E-state index in [1.165, 1.54) is 30.4 Å². The van der Waals surface area contributed by atoms with Gasteiger partial charge in [-0.05, 0) is 55.7 Å². The highest BCUT2D eigenvalue weighted by Crippen LogP contribution is 2.26. The fourth-order valence-electron chi connectivity index (χ4n) is 4.09. The smallest absolute Gasteiger partial charge is 0.227 e. The fourth-order valence-corrected chi connectivity index (χ4v) is 4.09.